The molecule has 0 spiro atoms. The van der Waals surface area contributed by atoms with E-state index in [0.717, 1.165) is 37.2 Å². The summed E-state index contributed by atoms with van der Waals surface area (Å²) in [6, 6.07) is 0. The van der Waals surface area contributed by atoms with E-state index >= 15 is 0 Å². The highest BCUT2D eigenvalue weighted by molar-refractivity contribution is 4.94. The molecule has 108 valence electrons. The van der Waals surface area contributed by atoms with Gasteiger partial charge in [-0.05, 0) is 65.7 Å². The maximum atomic E-state index is 4.31. The summed E-state index contributed by atoms with van der Waals surface area (Å²) in [6.07, 6.45) is 3.95. The van der Waals surface area contributed by atoms with Crippen LogP contribution in [0.5, 0.6) is 0 Å². The SMILES string of the molecule is CCn1c(C)nnc1CN1CCC(CCNC)CC1. The van der Waals surface area contributed by atoms with Crippen molar-refractivity contribution in [1.29, 1.82) is 0 Å². The van der Waals surface area contributed by atoms with Gasteiger partial charge in [0.05, 0.1) is 6.54 Å². The van der Waals surface area contributed by atoms with Crippen molar-refractivity contribution >= 4 is 0 Å². The number of aromatic nitrogens is 3. The second-order valence-corrected chi connectivity index (χ2v) is 5.52. The Morgan fingerprint density at radius 3 is 2.63 bits per heavy atom. The van der Waals surface area contributed by atoms with E-state index in [0.29, 0.717) is 0 Å². The Morgan fingerprint density at radius 1 is 1.26 bits per heavy atom. The molecule has 5 heteroatoms. The van der Waals surface area contributed by atoms with Gasteiger partial charge in [-0.1, -0.05) is 0 Å². The summed E-state index contributed by atoms with van der Waals surface area (Å²) in [6.45, 7) is 9.65. The Morgan fingerprint density at radius 2 is 2.00 bits per heavy atom. The molecule has 0 aromatic carbocycles. The van der Waals surface area contributed by atoms with Crippen molar-refractivity contribution in [3.05, 3.63) is 11.6 Å². The van der Waals surface area contributed by atoms with E-state index in [1.54, 1.807) is 0 Å². The summed E-state index contributed by atoms with van der Waals surface area (Å²) in [4.78, 5) is 2.52. The number of hydrogen-bond acceptors (Lipinski definition) is 4. The minimum absolute atomic E-state index is 0.898. The molecule has 0 unspecified atom stereocenters. The van der Waals surface area contributed by atoms with Gasteiger partial charge in [-0.25, -0.2) is 0 Å². The molecular formula is C14H27N5. The Bertz CT molecular complexity index is 379. The number of likely N-dealkylation sites (tertiary alicyclic amines) is 1. The molecule has 0 atom stereocenters. The van der Waals surface area contributed by atoms with Crippen molar-refractivity contribution in [2.75, 3.05) is 26.7 Å². The first-order chi connectivity index (χ1) is 9.24. The summed E-state index contributed by atoms with van der Waals surface area (Å²) in [5.41, 5.74) is 0. The van der Waals surface area contributed by atoms with Gasteiger partial charge in [0.15, 0.2) is 0 Å². The quantitative estimate of drug-likeness (QED) is 0.845. The normalized spacial score (nSPS) is 18.1. The Balaban J connectivity index is 1.82. The zero-order valence-corrected chi connectivity index (χ0v) is 12.5. The zero-order valence-electron chi connectivity index (χ0n) is 12.5. The van der Waals surface area contributed by atoms with Gasteiger partial charge in [0.2, 0.25) is 0 Å². The van der Waals surface area contributed by atoms with E-state index in [9.17, 15) is 0 Å². The molecule has 0 bridgehead atoms. The van der Waals surface area contributed by atoms with Gasteiger partial charge < -0.3 is 9.88 Å². The summed E-state index contributed by atoms with van der Waals surface area (Å²) in [5, 5.41) is 11.7. The van der Waals surface area contributed by atoms with Crippen molar-refractivity contribution in [3.8, 4) is 0 Å². The third-order valence-corrected chi connectivity index (χ3v) is 4.20. The maximum absolute atomic E-state index is 4.31. The first kappa shape index (κ1) is 14.5. The molecule has 0 aliphatic carbocycles. The number of aryl methyl sites for hydroxylation is 1. The number of piperidine rings is 1. The molecule has 1 saturated heterocycles. The first-order valence-electron chi connectivity index (χ1n) is 7.50. The molecule has 19 heavy (non-hydrogen) atoms. The lowest BCUT2D eigenvalue weighted by Gasteiger charge is -2.31. The third-order valence-electron chi connectivity index (χ3n) is 4.20. The van der Waals surface area contributed by atoms with Crippen LogP contribution in [0.4, 0.5) is 0 Å². The molecule has 0 radical (unpaired) electrons. The fourth-order valence-corrected chi connectivity index (χ4v) is 2.93. The summed E-state index contributed by atoms with van der Waals surface area (Å²) in [5.74, 6) is 3.05. The van der Waals surface area contributed by atoms with E-state index in [1.165, 1.54) is 32.4 Å². The van der Waals surface area contributed by atoms with Gasteiger partial charge in [0.1, 0.15) is 11.6 Å². The van der Waals surface area contributed by atoms with Gasteiger partial charge >= 0.3 is 0 Å². The van der Waals surface area contributed by atoms with Crippen LogP contribution in [-0.4, -0.2) is 46.3 Å². The van der Waals surface area contributed by atoms with Crippen LogP contribution in [0.1, 0.15) is 37.8 Å². The number of nitrogens with zero attached hydrogens (tertiary/aromatic N) is 4. The molecule has 0 amide bonds. The molecule has 1 aliphatic rings. The number of nitrogens with one attached hydrogen (secondary N) is 1. The van der Waals surface area contributed by atoms with Crippen LogP contribution in [0, 0.1) is 12.8 Å². The lowest BCUT2D eigenvalue weighted by molar-refractivity contribution is 0.167. The zero-order chi connectivity index (χ0) is 13.7. The Kier molecular flexibility index (Phi) is 5.34. The average molecular weight is 265 g/mol. The molecule has 1 aromatic heterocycles. The van der Waals surface area contributed by atoms with Gasteiger partial charge in [0, 0.05) is 6.54 Å². The lowest BCUT2D eigenvalue weighted by atomic mass is 9.93. The molecule has 2 rings (SSSR count). The number of rotatable bonds is 6. The highest BCUT2D eigenvalue weighted by atomic mass is 15.3. The minimum atomic E-state index is 0.898. The standard InChI is InChI=1S/C14H27N5/c1-4-19-12(2)16-17-14(19)11-18-9-6-13(7-10-18)5-8-15-3/h13,15H,4-11H2,1-3H3. The van der Waals surface area contributed by atoms with Crippen LogP contribution in [0.25, 0.3) is 0 Å². The summed E-state index contributed by atoms with van der Waals surface area (Å²) in [7, 11) is 2.04. The average Bonchev–Trinajstić information content (AvgIpc) is 2.78. The minimum Gasteiger partial charge on any atom is -0.320 e. The van der Waals surface area contributed by atoms with Crippen LogP contribution in [-0.2, 0) is 13.1 Å². The van der Waals surface area contributed by atoms with E-state index in [-0.39, 0.29) is 0 Å². The largest absolute Gasteiger partial charge is 0.320 e. The Labute approximate surface area is 116 Å². The molecule has 5 nitrogen and oxygen atoms in total. The van der Waals surface area contributed by atoms with Gasteiger partial charge in [-0.15, -0.1) is 10.2 Å². The highest BCUT2D eigenvalue weighted by Gasteiger charge is 2.20. The van der Waals surface area contributed by atoms with Crippen molar-refractivity contribution in [2.45, 2.75) is 46.2 Å². The number of hydrogen-bond donors (Lipinski definition) is 1. The van der Waals surface area contributed by atoms with Crippen molar-refractivity contribution < 1.29 is 0 Å². The first-order valence-corrected chi connectivity index (χ1v) is 7.50. The van der Waals surface area contributed by atoms with Crippen molar-refractivity contribution in [1.82, 2.24) is 25.0 Å². The van der Waals surface area contributed by atoms with Crippen LogP contribution >= 0.6 is 0 Å². The van der Waals surface area contributed by atoms with Gasteiger partial charge in [-0.2, -0.15) is 0 Å². The van der Waals surface area contributed by atoms with Gasteiger partial charge in [-0.3, -0.25) is 4.90 Å². The topological polar surface area (TPSA) is 46.0 Å². The maximum Gasteiger partial charge on any atom is 0.147 e. The molecule has 1 aromatic rings. The fraction of sp³-hybridized carbons (Fsp3) is 0.857. The predicted octanol–water partition coefficient (Wildman–Crippen LogP) is 1.43. The summed E-state index contributed by atoms with van der Waals surface area (Å²) < 4.78 is 2.22. The van der Waals surface area contributed by atoms with Crippen LogP contribution < -0.4 is 5.32 Å². The smallest absolute Gasteiger partial charge is 0.147 e. The van der Waals surface area contributed by atoms with E-state index in [4.69, 9.17) is 0 Å². The third kappa shape index (κ3) is 3.76. The molecule has 1 N–H and O–H groups in total. The molecule has 1 fully saturated rings. The molecule has 1 aliphatic heterocycles. The monoisotopic (exact) mass is 265 g/mol. The predicted molar refractivity (Wildman–Crippen MR) is 77.0 cm³/mol. The Hall–Kier alpha value is -0.940. The second kappa shape index (κ2) is 7.01. The lowest BCUT2D eigenvalue weighted by Crippen LogP contribution is -2.34. The van der Waals surface area contributed by atoms with Crippen LogP contribution in [0.15, 0.2) is 0 Å². The fourth-order valence-electron chi connectivity index (χ4n) is 2.93. The summed E-state index contributed by atoms with van der Waals surface area (Å²) >= 11 is 0. The molecule has 0 saturated carbocycles. The van der Waals surface area contributed by atoms with E-state index in [2.05, 4.69) is 31.9 Å². The van der Waals surface area contributed by atoms with E-state index < -0.39 is 0 Å². The van der Waals surface area contributed by atoms with Crippen LogP contribution in [0.3, 0.4) is 0 Å². The molecule has 2 heterocycles. The molecular weight excluding hydrogens is 238 g/mol. The highest BCUT2D eigenvalue weighted by Crippen LogP contribution is 2.21. The second-order valence-electron chi connectivity index (χ2n) is 5.52. The van der Waals surface area contributed by atoms with Crippen molar-refractivity contribution in [2.24, 2.45) is 5.92 Å². The van der Waals surface area contributed by atoms with Crippen LogP contribution in [0.2, 0.25) is 0 Å². The van der Waals surface area contributed by atoms with Crippen molar-refractivity contribution in [3.63, 3.8) is 0 Å². The van der Waals surface area contributed by atoms with Gasteiger partial charge in [0.25, 0.3) is 0 Å². The van der Waals surface area contributed by atoms with E-state index in [1.807, 2.05) is 14.0 Å².